The van der Waals surface area contributed by atoms with Crippen molar-refractivity contribution in [2.75, 3.05) is 5.43 Å². The second-order valence-corrected chi connectivity index (χ2v) is 7.86. The van der Waals surface area contributed by atoms with E-state index in [1.54, 1.807) is 28.9 Å². The number of benzene rings is 2. The Morgan fingerprint density at radius 3 is 2.71 bits per heavy atom. The Morgan fingerprint density at radius 1 is 1.10 bits per heavy atom. The maximum atomic E-state index is 11.6. The Labute approximate surface area is 186 Å². The van der Waals surface area contributed by atoms with E-state index >= 15 is 0 Å². The molecule has 31 heavy (non-hydrogen) atoms. The number of aromatic nitrogens is 3. The molecule has 0 radical (unpaired) electrons. The Balaban J connectivity index is 1.63. The fourth-order valence-corrected chi connectivity index (χ4v) is 3.84. The van der Waals surface area contributed by atoms with E-state index in [2.05, 4.69) is 15.6 Å². The van der Waals surface area contributed by atoms with E-state index in [-0.39, 0.29) is 5.75 Å². The van der Waals surface area contributed by atoms with E-state index in [4.69, 9.17) is 16.0 Å². The number of hydrogen-bond donors (Lipinski definition) is 3. The highest BCUT2D eigenvalue weighted by atomic mass is 35.5. The molecule has 0 aliphatic rings. The maximum absolute atomic E-state index is 11.6. The van der Waals surface area contributed by atoms with E-state index < -0.39 is 11.2 Å². The summed E-state index contributed by atoms with van der Waals surface area (Å²) in [5.74, 6) is 0.927. The molecule has 158 valence electrons. The highest BCUT2D eigenvalue weighted by Gasteiger charge is 2.17. The predicted octanol–water partition coefficient (Wildman–Crippen LogP) is 4.00. The zero-order valence-electron chi connectivity index (χ0n) is 16.0. The lowest BCUT2D eigenvalue weighted by Gasteiger charge is -2.13. The average molecular weight is 457 g/mol. The van der Waals surface area contributed by atoms with Crippen molar-refractivity contribution in [1.82, 2.24) is 14.9 Å². The molecule has 2 heterocycles. The number of halogens is 1. The molecule has 2 aromatic heterocycles. The van der Waals surface area contributed by atoms with Gasteiger partial charge in [-0.05, 0) is 29.8 Å². The molecular weight excluding hydrogens is 440 g/mol. The Kier molecular flexibility index (Phi) is 6.15. The number of thioether (sulfide) groups is 1. The van der Waals surface area contributed by atoms with Gasteiger partial charge in [0.05, 0.1) is 17.3 Å². The molecule has 0 aliphatic carbocycles. The lowest BCUT2D eigenvalue weighted by molar-refractivity contribution is 0.419. The van der Waals surface area contributed by atoms with Gasteiger partial charge in [-0.25, -0.2) is 4.68 Å². The smallest absolute Gasteiger partial charge is 0.226 e. The molecule has 3 N–H and O–H groups in total. The number of nitrogens with zero attached hydrogens (tertiary/aromatic N) is 3. The van der Waals surface area contributed by atoms with Crippen LogP contribution < -0.4 is 10.9 Å². The molecule has 0 amide bonds. The normalized spacial score (nSPS) is 10.9. The van der Waals surface area contributed by atoms with Gasteiger partial charge in [0.15, 0.2) is 11.6 Å². The van der Waals surface area contributed by atoms with E-state index in [9.17, 15) is 15.0 Å². The summed E-state index contributed by atoms with van der Waals surface area (Å²) < 4.78 is 6.96. The van der Waals surface area contributed by atoms with Crippen molar-refractivity contribution < 1.29 is 14.6 Å². The first-order valence-electron chi connectivity index (χ1n) is 9.17. The van der Waals surface area contributed by atoms with Crippen molar-refractivity contribution in [2.45, 2.75) is 17.5 Å². The van der Waals surface area contributed by atoms with Crippen molar-refractivity contribution in [3.8, 4) is 22.9 Å². The minimum atomic E-state index is -0.512. The van der Waals surface area contributed by atoms with Crippen molar-refractivity contribution in [2.24, 2.45) is 0 Å². The minimum absolute atomic E-state index is 0.173. The van der Waals surface area contributed by atoms with Gasteiger partial charge in [0.2, 0.25) is 10.6 Å². The van der Waals surface area contributed by atoms with Crippen LogP contribution in [-0.4, -0.2) is 25.1 Å². The molecule has 0 saturated carbocycles. The van der Waals surface area contributed by atoms with Crippen LogP contribution in [0.3, 0.4) is 0 Å². The molecular formula is C21H17ClN4O4S. The van der Waals surface area contributed by atoms with Crippen LogP contribution in [0.4, 0.5) is 0 Å². The second-order valence-electron chi connectivity index (χ2n) is 6.51. The van der Waals surface area contributed by atoms with Crippen LogP contribution in [0, 0.1) is 0 Å². The van der Waals surface area contributed by atoms with Gasteiger partial charge in [-0.3, -0.25) is 4.79 Å². The van der Waals surface area contributed by atoms with E-state index in [0.29, 0.717) is 39.6 Å². The lowest BCUT2D eigenvalue weighted by atomic mass is 10.2. The third kappa shape index (κ3) is 4.84. The van der Waals surface area contributed by atoms with Crippen LogP contribution in [0.5, 0.6) is 11.5 Å². The fourth-order valence-electron chi connectivity index (χ4n) is 2.81. The number of nitrogens with one attached hydrogen (secondary N) is 1. The van der Waals surface area contributed by atoms with Crippen LogP contribution in [0.15, 0.2) is 75.2 Å². The first kappa shape index (κ1) is 20.8. The van der Waals surface area contributed by atoms with E-state index in [1.165, 1.54) is 17.8 Å². The summed E-state index contributed by atoms with van der Waals surface area (Å²) in [6, 6.07) is 15.4. The van der Waals surface area contributed by atoms with Crippen LogP contribution >= 0.6 is 23.4 Å². The molecule has 10 heteroatoms. The van der Waals surface area contributed by atoms with Gasteiger partial charge in [0.25, 0.3) is 0 Å². The van der Waals surface area contributed by atoms with Gasteiger partial charge >= 0.3 is 0 Å². The zero-order valence-corrected chi connectivity index (χ0v) is 17.6. The van der Waals surface area contributed by atoms with Gasteiger partial charge in [-0.15, -0.1) is 10.2 Å². The van der Waals surface area contributed by atoms with Crippen molar-refractivity contribution in [1.29, 1.82) is 0 Å². The van der Waals surface area contributed by atoms with Gasteiger partial charge in [-0.2, -0.15) is 0 Å². The van der Waals surface area contributed by atoms with Crippen molar-refractivity contribution in [3.63, 3.8) is 0 Å². The molecule has 4 rings (SSSR count). The number of rotatable bonds is 7. The molecule has 2 aromatic carbocycles. The molecule has 0 unspecified atom stereocenters. The second kappa shape index (κ2) is 9.15. The Hall–Kier alpha value is -3.43. The number of aromatic hydroxyl groups is 2. The maximum Gasteiger partial charge on any atom is 0.226 e. The summed E-state index contributed by atoms with van der Waals surface area (Å²) in [4.78, 5) is 11.6. The van der Waals surface area contributed by atoms with Crippen molar-refractivity contribution in [3.05, 3.63) is 87.4 Å². The van der Waals surface area contributed by atoms with Gasteiger partial charge < -0.3 is 20.1 Å². The summed E-state index contributed by atoms with van der Waals surface area (Å²) in [6.07, 6.45) is 1.01. The predicted molar refractivity (Wildman–Crippen MR) is 118 cm³/mol. The van der Waals surface area contributed by atoms with Crippen LogP contribution in [-0.2, 0) is 12.3 Å². The largest absolute Gasteiger partial charge is 0.508 e. The Morgan fingerprint density at radius 2 is 1.94 bits per heavy atom. The minimum Gasteiger partial charge on any atom is -0.508 e. The standard InChI is InChI=1S/C21H17ClN4O4S/c22-17-7-2-1-6-16(17)20-24-25-21(31-12-15-9-18(28)19(29)11-30-15)26(20)23-10-13-4-3-5-14(27)8-13/h1-9,11,23,27,29H,10,12H2. The first-order valence-corrected chi connectivity index (χ1v) is 10.5. The molecule has 0 spiro atoms. The third-order valence-electron chi connectivity index (χ3n) is 4.31. The monoisotopic (exact) mass is 456 g/mol. The van der Waals surface area contributed by atoms with Crippen molar-refractivity contribution >= 4 is 23.4 Å². The number of phenols is 1. The first-order chi connectivity index (χ1) is 15.0. The molecule has 0 aliphatic heterocycles. The summed E-state index contributed by atoms with van der Waals surface area (Å²) in [5.41, 5.74) is 4.30. The summed E-state index contributed by atoms with van der Waals surface area (Å²) in [6.45, 7) is 0.395. The summed E-state index contributed by atoms with van der Waals surface area (Å²) in [5, 5.41) is 28.6. The molecule has 4 aromatic rings. The molecule has 0 bridgehead atoms. The summed E-state index contributed by atoms with van der Waals surface area (Å²) >= 11 is 7.66. The molecule has 0 fully saturated rings. The number of hydrogen-bond acceptors (Lipinski definition) is 8. The van der Waals surface area contributed by atoms with Crippen LogP contribution in [0.25, 0.3) is 11.4 Å². The number of phenolic OH excluding ortho intramolecular Hbond substituents is 1. The average Bonchev–Trinajstić information content (AvgIpc) is 3.16. The molecule has 0 saturated heterocycles. The molecule has 8 nitrogen and oxygen atoms in total. The van der Waals surface area contributed by atoms with Crippen LogP contribution in [0.2, 0.25) is 5.02 Å². The highest BCUT2D eigenvalue weighted by Crippen LogP contribution is 2.29. The molecule has 0 atom stereocenters. The third-order valence-corrected chi connectivity index (χ3v) is 5.59. The van der Waals surface area contributed by atoms with E-state index in [1.807, 2.05) is 24.3 Å². The summed E-state index contributed by atoms with van der Waals surface area (Å²) in [7, 11) is 0. The fraction of sp³-hybridized carbons (Fsp3) is 0.0952. The van der Waals surface area contributed by atoms with Gasteiger partial charge in [0.1, 0.15) is 17.8 Å². The Bertz CT molecular complexity index is 1270. The SMILES string of the molecule is O=c1cc(CSc2nnc(-c3ccccc3Cl)n2NCc2cccc(O)c2)occ1O. The van der Waals surface area contributed by atoms with Gasteiger partial charge in [0, 0.05) is 11.6 Å². The topological polar surface area (TPSA) is 113 Å². The lowest BCUT2D eigenvalue weighted by Crippen LogP contribution is -2.17. The quantitative estimate of drug-likeness (QED) is 0.357. The van der Waals surface area contributed by atoms with Crippen LogP contribution in [0.1, 0.15) is 11.3 Å². The van der Waals surface area contributed by atoms with Gasteiger partial charge in [-0.1, -0.05) is 47.6 Å². The highest BCUT2D eigenvalue weighted by molar-refractivity contribution is 7.98. The zero-order chi connectivity index (χ0) is 21.8. The van der Waals surface area contributed by atoms with E-state index in [0.717, 1.165) is 11.8 Å².